The SMILES string of the molecule is COC(=O)C[C@H](C)N(C(N)=O)C(=O)NCc1ccc(Cl)cc1. The molecule has 0 unspecified atom stereocenters. The van der Waals surface area contributed by atoms with E-state index in [0.29, 0.717) is 5.02 Å². The molecule has 0 spiro atoms. The molecule has 0 saturated carbocycles. The van der Waals surface area contributed by atoms with E-state index in [1.807, 2.05) is 0 Å². The molecule has 0 fully saturated rings. The molecular weight excluding hydrogens is 310 g/mol. The third kappa shape index (κ3) is 5.25. The number of methoxy groups -OCH3 is 1. The highest BCUT2D eigenvalue weighted by atomic mass is 35.5. The number of halogens is 1. The molecule has 0 aromatic heterocycles. The molecule has 0 aliphatic heterocycles. The number of rotatable bonds is 5. The summed E-state index contributed by atoms with van der Waals surface area (Å²) in [7, 11) is 1.23. The van der Waals surface area contributed by atoms with Gasteiger partial charge in [-0.15, -0.1) is 0 Å². The van der Waals surface area contributed by atoms with E-state index in [2.05, 4.69) is 10.1 Å². The van der Waals surface area contributed by atoms with Crippen LogP contribution in [0.4, 0.5) is 9.59 Å². The molecule has 0 aliphatic rings. The van der Waals surface area contributed by atoms with Crippen molar-refractivity contribution in [2.24, 2.45) is 5.73 Å². The minimum Gasteiger partial charge on any atom is -0.469 e. The zero-order valence-electron chi connectivity index (χ0n) is 12.3. The van der Waals surface area contributed by atoms with Crippen molar-refractivity contribution in [2.75, 3.05) is 7.11 Å². The maximum atomic E-state index is 12.1. The second-order valence-corrected chi connectivity index (χ2v) is 5.06. The minimum absolute atomic E-state index is 0.131. The van der Waals surface area contributed by atoms with Gasteiger partial charge in [0.25, 0.3) is 0 Å². The van der Waals surface area contributed by atoms with Crippen molar-refractivity contribution in [3.05, 3.63) is 34.9 Å². The number of hydrogen-bond acceptors (Lipinski definition) is 4. The number of nitrogens with two attached hydrogens (primary N) is 1. The van der Waals surface area contributed by atoms with Gasteiger partial charge in [-0.3, -0.25) is 4.79 Å². The number of nitrogens with zero attached hydrogens (tertiary/aromatic N) is 1. The number of carbonyl (C=O) groups is 3. The Kier molecular flexibility index (Phi) is 6.65. The maximum absolute atomic E-state index is 12.1. The summed E-state index contributed by atoms with van der Waals surface area (Å²) < 4.78 is 4.51. The summed E-state index contributed by atoms with van der Waals surface area (Å²) >= 11 is 5.77. The van der Waals surface area contributed by atoms with Crippen LogP contribution in [0.2, 0.25) is 5.02 Å². The van der Waals surface area contributed by atoms with Crippen LogP contribution in [0.25, 0.3) is 0 Å². The van der Waals surface area contributed by atoms with E-state index in [1.165, 1.54) is 14.0 Å². The summed E-state index contributed by atoms with van der Waals surface area (Å²) in [5.41, 5.74) is 6.01. The molecule has 0 aliphatic carbocycles. The molecular formula is C14H18ClN3O4. The number of primary amides is 1. The van der Waals surface area contributed by atoms with E-state index in [4.69, 9.17) is 17.3 Å². The maximum Gasteiger partial charge on any atom is 0.326 e. The molecule has 8 heteroatoms. The fourth-order valence-corrected chi connectivity index (χ4v) is 1.92. The van der Waals surface area contributed by atoms with Crippen LogP contribution in [0.5, 0.6) is 0 Å². The Bertz CT molecular complexity index is 548. The Morgan fingerprint density at radius 1 is 1.32 bits per heavy atom. The molecule has 1 rings (SSSR count). The lowest BCUT2D eigenvalue weighted by molar-refractivity contribution is -0.141. The Balaban J connectivity index is 2.67. The number of esters is 1. The number of hydrogen-bond donors (Lipinski definition) is 2. The van der Waals surface area contributed by atoms with Gasteiger partial charge in [-0.25, -0.2) is 14.5 Å². The van der Waals surface area contributed by atoms with E-state index in [0.717, 1.165) is 10.5 Å². The predicted octanol–water partition coefficient (Wildman–Crippen LogP) is 1.88. The van der Waals surface area contributed by atoms with Crippen LogP contribution >= 0.6 is 11.6 Å². The minimum atomic E-state index is -0.940. The molecule has 4 amide bonds. The van der Waals surface area contributed by atoms with Gasteiger partial charge in [-0.2, -0.15) is 0 Å². The number of amides is 4. The van der Waals surface area contributed by atoms with Crippen LogP contribution < -0.4 is 11.1 Å². The van der Waals surface area contributed by atoms with Gasteiger partial charge in [0.05, 0.1) is 19.6 Å². The lowest BCUT2D eigenvalue weighted by Crippen LogP contribution is -2.51. The summed E-state index contributed by atoms with van der Waals surface area (Å²) in [4.78, 5) is 35.5. The van der Waals surface area contributed by atoms with Gasteiger partial charge >= 0.3 is 18.0 Å². The molecule has 22 heavy (non-hydrogen) atoms. The largest absolute Gasteiger partial charge is 0.469 e. The fraction of sp³-hybridized carbons (Fsp3) is 0.357. The van der Waals surface area contributed by atoms with Gasteiger partial charge in [0.2, 0.25) is 0 Å². The molecule has 1 aromatic carbocycles. The van der Waals surface area contributed by atoms with Gasteiger partial charge in [-0.05, 0) is 24.6 Å². The number of imide groups is 1. The van der Waals surface area contributed by atoms with Gasteiger partial charge in [0, 0.05) is 11.6 Å². The van der Waals surface area contributed by atoms with Crippen LogP contribution in [-0.2, 0) is 16.1 Å². The highest BCUT2D eigenvalue weighted by Gasteiger charge is 2.26. The van der Waals surface area contributed by atoms with Crippen molar-refractivity contribution in [3.8, 4) is 0 Å². The van der Waals surface area contributed by atoms with Crippen LogP contribution in [0, 0.1) is 0 Å². The second kappa shape index (κ2) is 8.23. The first-order valence-electron chi connectivity index (χ1n) is 6.53. The molecule has 0 heterocycles. The van der Waals surface area contributed by atoms with Crippen LogP contribution in [0.15, 0.2) is 24.3 Å². The predicted molar refractivity (Wildman–Crippen MR) is 81.2 cm³/mol. The molecule has 0 radical (unpaired) electrons. The quantitative estimate of drug-likeness (QED) is 0.806. The highest BCUT2D eigenvalue weighted by Crippen LogP contribution is 2.10. The Hall–Kier alpha value is -2.28. The van der Waals surface area contributed by atoms with Crippen molar-refractivity contribution in [1.29, 1.82) is 0 Å². The first-order chi connectivity index (χ1) is 10.3. The smallest absolute Gasteiger partial charge is 0.326 e. The Labute approximate surface area is 133 Å². The number of carbonyl (C=O) groups excluding carboxylic acids is 3. The van der Waals surface area contributed by atoms with Crippen LogP contribution in [0.1, 0.15) is 18.9 Å². The summed E-state index contributed by atoms with van der Waals surface area (Å²) in [6.45, 7) is 1.73. The molecule has 120 valence electrons. The van der Waals surface area contributed by atoms with Crippen LogP contribution in [-0.4, -0.2) is 36.1 Å². The standard InChI is InChI=1S/C14H18ClN3O4/c1-9(7-12(19)22-2)18(13(16)20)14(21)17-8-10-3-5-11(15)6-4-10/h3-6,9H,7-8H2,1-2H3,(H2,16,20)(H,17,21)/t9-/m0/s1. The van der Waals surface area contributed by atoms with Gasteiger partial charge in [0.15, 0.2) is 0 Å². The van der Waals surface area contributed by atoms with E-state index in [-0.39, 0.29) is 13.0 Å². The average Bonchev–Trinajstić information content (AvgIpc) is 2.46. The summed E-state index contributed by atoms with van der Waals surface area (Å²) in [5.74, 6) is -0.538. The Morgan fingerprint density at radius 2 is 1.91 bits per heavy atom. The van der Waals surface area contributed by atoms with Crippen molar-refractivity contribution < 1.29 is 19.1 Å². The number of ether oxygens (including phenoxy) is 1. The Morgan fingerprint density at radius 3 is 2.41 bits per heavy atom. The summed E-state index contributed by atoms with van der Waals surface area (Å²) in [6, 6.07) is 4.53. The third-order valence-electron chi connectivity index (χ3n) is 2.94. The van der Waals surface area contributed by atoms with E-state index in [9.17, 15) is 14.4 Å². The molecule has 0 bridgehead atoms. The van der Waals surface area contributed by atoms with E-state index < -0.39 is 24.1 Å². The van der Waals surface area contributed by atoms with E-state index in [1.54, 1.807) is 24.3 Å². The zero-order valence-corrected chi connectivity index (χ0v) is 13.1. The molecule has 1 atom stereocenters. The summed E-state index contributed by atoms with van der Waals surface area (Å²) in [6.07, 6.45) is -0.131. The van der Waals surface area contributed by atoms with Crippen molar-refractivity contribution >= 4 is 29.6 Å². The fourth-order valence-electron chi connectivity index (χ4n) is 1.80. The van der Waals surface area contributed by atoms with Crippen molar-refractivity contribution in [3.63, 3.8) is 0 Å². The number of benzene rings is 1. The first-order valence-corrected chi connectivity index (χ1v) is 6.90. The normalized spacial score (nSPS) is 11.4. The van der Waals surface area contributed by atoms with Crippen molar-refractivity contribution in [1.82, 2.24) is 10.2 Å². The van der Waals surface area contributed by atoms with Gasteiger partial charge < -0.3 is 15.8 Å². The topological polar surface area (TPSA) is 102 Å². The highest BCUT2D eigenvalue weighted by molar-refractivity contribution is 6.30. The van der Waals surface area contributed by atoms with Crippen molar-refractivity contribution in [2.45, 2.75) is 25.9 Å². The third-order valence-corrected chi connectivity index (χ3v) is 3.20. The lowest BCUT2D eigenvalue weighted by atomic mass is 10.2. The second-order valence-electron chi connectivity index (χ2n) is 4.62. The summed E-state index contributed by atoms with van der Waals surface area (Å²) in [5, 5.41) is 3.15. The lowest BCUT2D eigenvalue weighted by Gasteiger charge is -2.25. The average molecular weight is 328 g/mol. The van der Waals surface area contributed by atoms with Crippen LogP contribution in [0.3, 0.4) is 0 Å². The number of urea groups is 2. The molecule has 7 nitrogen and oxygen atoms in total. The molecule has 3 N–H and O–H groups in total. The molecule has 0 saturated heterocycles. The van der Waals surface area contributed by atoms with Gasteiger partial charge in [-0.1, -0.05) is 23.7 Å². The monoisotopic (exact) mass is 327 g/mol. The molecule has 1 aromatic rings. The van der Waals surface area contributed by atoms with E-state index >= 15 is 0 Å². The van der Waals surface area contributed by atoms with Gasteiger partial charge in [0.1, 0.15) is 0 Å². The first kappa shape index (κ1) is 17.8. The number of nitrogens with one attached hydrogen (secondary N) is 1. The zero-order chi connectivity index (χ0) is 16.7.